The average molecular weight is 451 g/mol. The third-order valence-electron chi connectivity index (χ3n) is 5.48. The van der Waals surface area contributed by atoms with Crippen LogP contribution in [0.25, 0.3) is 0 Å². The van der Waals surface area contributed by atoms with Crippen LogP contribution in [-0.2, 0) is 19.1 Å². The number of carbonyl (C=O) groups excluding carboxylic acids is 3. The molecule has 33 heavy (non-hydrogen) atoms. The van der Waals surface area contributed by atoms with Gasteiger partial charge in [0.15, 0.2) is 0 Å². The maximum Gasteiger partial charge on any atom is 0.336 e. The van der Waals surface area contributed by atoms with E-state index in [2.05, 4.69) is 5.32 Å². The number of ether oxygens (including phenoxy) is 1. The molecule has 172 valence electrons. The highest BCUT2D eigenvalue weighted by atomic mass is 16.6. The van der Waals surface area contributed by atoms with Crippen LogP contribution >= 0.6 is 0 Å². The molecule has 0 radical (unpaired) electrons. The zero-order chi connectivity index (χ0) is 24.3. The van der Waals surface area contributed by atoms with E-state index in [1.54, 1.807) is 32.9 Å². The van der Waals surface area contributed by atoms with Crippen molar-refractivity contribution in [3.05, 3.63) is 75.0 Å². The number of benzene rings is 2. The van der Waals surface area contributed by atoms with Crippen molar-refractivity contribution in [1.29, 1.82) is 0 Å². The highest BCUT2D eigenvalue weighted by molar-refractivity contribution is 6.10. The van der Waals surface area contributed by atoms with Crippen molar-refractivity contribution in [1.82, 2.24) is 0 Å². The summed E-state index contributed by atoms with van der Waals surface area (Å²) in [7, 11) is 0. The molecule has 0 aromatic heterocycles. The molecule has 2 aromatic rings. The molecule has 2 amide bonds. The van der Waals surface area contributed by atoms with Crippen LogP contribution in [0.4, 0.5) is 17.1 Å². The van der Waals surface area contributed by atoms with E-state index in [0.29, 0.717) is 22.6 Å². The SMILES string of the molecule is CCOC(=O)C1=C(C)N(c2ccc(C)cc2)C(=O)CC1C(=O)Nc1ccc([N+](=O)[O-])cc1C. The highest BCUT2D eigenvalue weighted by Crippen LogP contribution is 2.34. The number of nitro groups is 1. The zero-order valence-corrected chi connectivity index (χ0v) is 18.9. The number of carbonyl (C=O) groups is 3. The number of anilines is 2. The minimum absolute atomic E-state index is 0.102. The summed E-state index contributed by atoms with van der Waals surface area (Å²) < 4.78 is 5.20. The molecule has 0 saturated carbocycles. The first-order valence-electron chi connectivity index (χ1n) is 10.5. The van der Waals surface area contributed by atoms with Crippen molar-refractivity contribution in [3.63, 3.8) is 0 Å². The van der Waals surface area contributed by atoms with Gasteiger partial charge in [-0.2, -0.15) is 0 Å². The van der Waals surface area contributed by atoms with E-state index >= 15 is 0 Å². The summed E-state index contributed by atoms with van der Waals surface area (Å²) in [6, 6.07) is 11.3. The lowest BCUT2D eigenvalue weighted by Gasteiger charge is -2.33. The summed E-state index contributed by atoms with van der Waals surface area (Å²) in [5, 5.41) is 13.7. The first-order valence-corrected chi connectivity index (χ1v) is 10.5. The van der Waals surface area contributed by atoms with Gasteiger partial charge in [0, 0.05) is 35.6 Å². The van der Waals surface area contributed by atoms with Gasteiger partial charge in [-0.25, -0.2) is 4.79 Å². The highest BCUT2D eigenvalue weighted by Gasteiger charge is 2.40. The molecular formula is C24H25N3O6. The monoisotopic (exact) mass is 451 g/mol. The van der Waals surface area contributed by atoms with Crippen LogP contribution in [0.3, 0.4) is 0 Å². The number of nitrogens with zero attached hydrogens (tertiary/aromatic N) is 2. The average Bonchev–Trinajstić information content (AvgIpc) is 2.75. The van der Waals surface area contributed by atoms with Gasteiger partial charge in [0.05, 0.1) is 23.0 Å². The number of nitro benzene ring substituents is 1. The van der Waals surface area contributed by atoms with Crippen LogP contribution in [0.5, 0.6) is 0 Å². The van der Waals surface area contributed by atoms with Crippen LogP contribution in [0.1, 0.15) is 31.4 Å². The maximum atomic E-state index is 13.2. The Morgan fingerprint density at radius 3 is 2.39 bits per heavy atom. The maximum absolute atomic E-state index is 13.2. The fraction of sp³-hybridized carbons (Fsp3) is 0.292. The third-order valence-corrected chi connectivity index (χ3v) is 5.48. The second-order valence-corrected chi connectivity index (χ2v) is 7.79. The molecule has 1 unspecified atom stereocenters. The molecule has 2 aromatic carbocycles. The molecule has 0 fully saturated rings. The largest absolute Gasteiger partial charge is 0.463 e. The van der Waals surface area contributed by atoms with E-state index in [1.165, 1.54) is 23.1 Å². The summed E-state index contributed by atoms with van der Waals surface area (Å²) in [5.41, 5.74) is 2.79. The van der Waals surface area contributed by atoms with Gasteiger partial charge in [-0.05, 0) is 51.5 Å². The second-order valence-electron chi connectivity index (χ2n) is 7.79. The number of hydrogen-bond acceptors (Lipinski definition) is 6. The van der Waals surface area contributed by atoms with Gasteiger partial charge in [-0.3, -0.25) is 24.6 Å². The molecule has 0 spiro atoms. The molecule has 1 aliphatic heterocycles. The number of rotatable bonds is 6. The van der Waals surface area contributed by atoms with E-state index in [-0.39, 0.29) is 30.2 Å². The van der Waals surface area contributed by atoms with Crippen molar-refractivity contribution >= 4 is 34.8 Å². The molecule has 9 heteroatoms. The first-order chi connectivity index (χ1) is 15.6. The fourth-order valence-corrected chi connectivity index (χ4v) is 3.80. The molecule has 1 heterocycles. The summed E-state index contributed by atoms with van der Waals surface area (Å²) in [6.45, 7) is 6.94. The van der Waals surface area contributed by atoms with Gasteiger partial charge >= 0.3 is 5.97 Å². The Morgan fingerprint density at radius 1 is 1.15 bits per heavy atom. The van der Waals surface area contributed by atoms with Gasteiger partial charge < -0.3 is 10.1 Å². The minimum atomic E-state index is -1.06. The molecule has 0 bridgehead atoms. The molecular weight excluding hydrogens is 426 g/mol. The molecule has 0 saturated heterocycles. The van der Waals surface area contributed by atoms with E-state index in [1.807, 2.05) is 19.1 Å². The lowest BCUT2D eigenvalue weighted by Crippen LogP contribution is -2.43. The Labute approximate surface area is 191 Å². The second kappa shape index (κ2) is 9.64. The lowest BCUT2D eigenvalue weighted by atomic mass is 9.88. The first kappa shape index (κ1) is 23.6. The Hall–Kier alpha value is -4.01. The van der Waals surface area contributed by atoms with E-state index < -0.39 is 22.7 Å². The van der Waals surface area contributed by atoms with Crippen LogP contribution in [0.15, 0.2) is 53.7 Å². The number of amides is 2. The van der Waals surface area contributed by atoms with Gasteiger partial charge in [-0.1, -0.05) is 17.7 Å². The fourth-order valence-electron chi connectivity index (χ4n) is 3.80. The Kier molecular flexibility index (Phi) is 6.91. The van der Waals surface area contributed by atoms with Crippen LogP contribution in [0, 0.1) is 29.9 Å². The number of esters is 1. The van der Waals surface area contributed by atoms with Crippen molar-refractivity contribution in [2.45, 2.75) is 34.1 Å². The third kappa shape index (κ3) is 4.92. The van der Waals surface area contributed by atoms with Gasteiger partial charge in [0.2, 0.25) is 11.8 Å². The van der Waals surface area contributed by atoms with Gasteiger partial charge in [0.1, 0.15) is 0 Å². The predicted octanol–water partition coefficient (Wildman–Crippen LogP) is 4.04. The van der Waals surface area contributed by atoms with Crippen LogP contribution < -0.4 is 10.2 Å². The normalized spacial score (nSPS) is 15.9. The molecule has 0 aliphatic carbocycles. The van der Waals surface area contributed by atoms with Crippen molar-refractivity contribution in [2.24, 2.45) is 5.92 Å². The summed E-state index contributed by atoms with van der Waals surface area (Å²) >= 11 is 0. The molecule has 1 atom stereocenters. The van der Waals surface area contributed by atoms with Gasteiger partial charge in [0.25, 0.3) is 5.69 Å². The predicted molar refractivity (Wildman–Crippen MR) is 123 cm³/mol. The topological polar surface area (TPSA) is 119 Å². The lowest BCUT2D eigenvalue weighted by molar-refractivity contribution is -0.384. The smallest absolute Gasteiger partial charge is 0.336 e. The minimum Gasteiger partial charge on any atom is -0.463 e. The summed E-state index contributed by atoms with van der Waals surface area (Å²) in [5.74, 6) is -2.62. The standard InChI is InChI=1S/C24H25N3O6/c1-5-33-24(30)22-16(4)26(17-8-6-14(2)7-9-17)21(28)13-19(22)23(29)25-20-11-10-18(27(31)32)12-15(20)3/h6-12,19H,5,13H2,1-4H3,(H,25,29). The summed E-state index contributed by atoms with van der Waals surface area (Å²) in [4.78, 5) is 50.9. The quantitative estimate of drug-likeness (QED) is 0.402. The Morgan fingerprint density at radius 2 is 1.82 bits per heavy atom. The molecule has 3 rings (SSSR count). The number of allylic oxidation sites excluding steroid dienone is 1. The Balaban J connectivity index is 1.99. The van der Waals surface area contributed by atoms with Crippen molar-refractivity contribution < 1.29 is 24.0 Å². The number of hydrogen-bond donors (Lipinski definition) is 1. The number of non-ortho nitro benzene ring substituents is 1. The Bertz CT molecular complexity index is 1150. The van der Waals surface area contributed by atoms with Crippen molar-refractivity contribution in [2.75, 3.05) is 16.8 Å². The number of nitrogens with one attached hydrogen (secondary N) is 1. The molecule has 9 nitrogen and oxygen atoms in total. The molecule has 1 aliphatic rings. The van der Waals surface area contributed by atoms with E-state index in [9.17, 15) is 24.5 Å². The van der Waals surface area contributed by atoms with E-state index in [4.69, 9.17) is 4.74 Å². The van der Waals surface area contributed by atoms with Crippen LogP contribution in [-0.4, -0.2) is 29.3 Å². The van der Waals surface area contributed by atoms with E-state index in [0.717, 1.165) is 5.56 Å². The number of aryl methyl sites for hydroxylation is 2. The van der Waals surface area contributed by atoms with Gasteiger partial charge in [-0.15, -0.1) is 0 Å². The summed E-state index contributed by atoms with van der Waals surface area (Å²) in [6.07, 6.45) is -0.225. The molecule has 1 N–H and O–H groups in total. The van der Waals surface area contributed by atoms with Crippen molar-refractivity contribution in [3.8, 4) is 0 Å². The zero-order valence-electron chi connectivity index (χ0n) is 18.9. The van der Waals surface area contributed by atoms with Crippen LogP contribution in [0.2, 0.25) is 0 Å².